The quantitative estimate of drug-likeness (QED) is 0.587. The summed E-state index contributed by atoms with van der Waals surface area (Å²) in [5.41, 5.74) is -2.12. The van der Waals surface area contributed by atoms with Gasteiger partial charge in [-0.3, -0.25) is 0 Å². The minimum absolute atomic E-state index is 0.482. The van der Waals surface area contributed by atoms with Crippen LogP contribution >= 0.6 is 0 Å². The highest BCUT2D eigenvalue weighted by molar-refractivity contribution is 5.25. The summed E-state index contributed by atoms with van der Waals surface area (Å²) in [5, 5.41) is 8.19. The summed E-state index contributed by atoms with van der Waals surface area (Å²) in [7, 11) is 0. The van der Waals surface area contributed by atoms with E-state index in [0.29, 0.717) is 12.1 Å². The van der Waals surface area contributed by atoms with Gasteiger partial charge in [0.2, 0.25) is 0 Å². The lowest BCUT2D eigenvalue weighted by Crippen LogP contribution is -2.09. The molecule has 1 aromatic heterocycles. The average molecular weight is 190 g/mol. The van der Waals surface area contributed by atoms with Crippen molar-refractivity contribution in [3.8, 4) is 6.07 Å². The molecule has 1 heterocycles. The number of rotatable bonds is 0. The minimum atomic E-state index is -4.65. The van der Waals surface area contributed by atoms with E-state index in [1.54, 1.807) is 0 Å². The van der Waals surface area contributed by atoms with Gasteiger partial charge in [-0.2, -0.15) is 18.4 Å². The van der Waals surface area contributed by atoms with Crippen molar-refractivity contribution in [3.05, 3.63) is 29.3 Å². The molecule has 0 saturated carbocycles. The van der Waals surface area contributed by atoms with Crippen LogP contribution in [0.3, 0.4) is 0 Å². The monoisotopic (exact) mass is 190 g/mol. The zero-order valence-electron chi connectivity index (χ0n) is 6.06. The van der Waals surface area contributed by atoms with Gasteiger partial charge in [0.1, 0.15) is 11.8 Å². The maximum absolute atomic E-state index is 12.5. The first-order valence-corrected chi connectivity index (χ1v) is 3.09. The molecule has 6 heteroatoms. The molecule has 0 unspecified atom stereocenters. The van der Waals surface area contributed by atoms with Gasteiger partial charge < -0.3 is 0 Å². The molecule has 0 radical (unpaired) electrons. The summed E-state index contributed by atoms with van der Waals surface area (Å²) in [4.78, 5) is 2.80. The second-order valence-corrected chi connectivity index (χ2v) is 2.14. The van der Waals surface area contributed by atoms with E-state index in [2.05, 4.69) is 4.98 Å². The number of alkyl halides is 3. The molecule has 0 spiro atoms. The molecule has 13 heavy (non-hydrogen) atoms. The van der Waals surface area contributed by atoms with Gasteiger partial charge in [0, 0.05) is 0 Å². The van der Waals surface area contributed by atoms with Gasteiger partial charge in [-0.05, 0) is 12.1 Å². The molecule has 0 aliphatic carbocycles. The molecule has 0 saturated heterocycles. The fraction of sp³-hybridized carbons (Fsp3) is 0.143. The molecule has 0 amide bonds. The van der Waals surface area contributed by atoms with Crippen LogP contribution in [0.2, 0.25) is 0 Å². The number of hydrogen-bond donors (Lipinski definition) is 0. The Bertz CT molecular complexity index is 364. The van der Waals surface area contributed by atoms with Crippen molar-refractivity contribution in [2.45, 2.75) is 6.18 Å². The zero-order valence-corrected chi connectivity index (χ0v) is 6.06. The SMILES string of the molecule is N#Cc1nc(C(F)(F)F)ccc1F. The summed E-state index contributed by atoms with van der Waals surface area (Å²) in [6.45, 7) is 0. The predicted molar refractivity (Wildman–Crippen MR) is 33.9 cm³/mol. The van der Waals surface area contributed by atoms with Gasteiger partial charge >= 0.3 is 6.18 Å². The maximum Gasteiger partial charge on any atom is 0.433 e. The predicted octanol–water partition coefficient (Wildman–Crippen LogP) is 2.11. The van der Waals surface area contributed by atoms with E-state index >= 15 is 0 Å². The van der Waals surface area contributed by atoms with Crippen LogP contribution in [0.1, 0.15) is 11.4 Å². The van der Waals surface area contributed by atoms with Gasteiger partial charge in [0.25, 0.3) is 0 Å². The van der Waals surface area contributed by atoms with Crippen molar-refractivity contribution in [2.24, 2.45) is 0 Å². The van der Waals surface area contributed by atoms with E-state index in [-0.39, 0.29) is 0 Å². The highest BCUT2D eigenvalue weighted by Crippen LogP contribution is 2.27. The molecule has 0 N–H and O–H groups in total. The lowest BCUT2D eigenvalue weighted by Gasteiger charge is -2.04. The van der Waals surface area contributed by atoms with Crippen LogP contribution < -0.4 is 0 Å². The molecule has 0 aromatic carbocycles. The number of aromatic nitrogens is 1. The number of halogens is 4. The number of pyridine rings is 1. The normalized spacial score (nSPS) is 11.0. The molecule has 0 aliphatic rings. The average Bonchev–Trinajstić information content (AvgIpc) is 2.03. The van der Waals surface area contributed by atoms with Crippen molar-refractivity contribution in [2.75, 3.05) is 0 Å². The molecule has 1 rings (SSSR count). The van der Waals surface area contributed by atoms with E-state index in [0.717, 1.165) is 0 Å². The summed E-state index contributed by atoms with van der Waals surface area (Å²) in [6, 6.07) is 2.27. The summed E-state index contributed by atoms with van der Waals surface area (Å²) in [6.07, 6.45) is -4.65. The second kappa shape index (κ2) is 3.01. The van der Waals surface area contributed by atoms with Gasteiger partial charge in [-0.25, -0.2) is 9.37 Å². The largest absolute Gasteiger partial charge is 0.433 e. The first-order valence-electron chi connectivity index (χ1n) is 3.09. The first-order chi connectivity index (χ1) is 5.95. The fourth-order valence-electron chi connectivity index (χ4n) is 0.678. The van der Waals surface area contributed by atoms with Gasteiger partial charge in [0.05, 0.1) is 0 Å². The van der Waals surface area contributed by atoms with Crippen LogP contribution in [-0.2, 0) is 6.18 Å². The molecule has 68 valence electrons. The van der Waals surface area contributed by atoms with E-state index in [9.17, 15) is 17.6 Å². The first kappa shape index (κ1) is 9.45. The second-order valence-electron chi connectivity index (χ2n) is 2.14. The van der Waals surface area contributed by atoms with Gasteiger partial charge in [-0.15, -0.1) is 0 Å². The Hall–Kier alpha value is -1.64. The van der Waals surface area contributed by atoms with Crippen molar-refractivity contribution in [3.63, 3.8) is 0 Å². The van der Waals surface area contributed by atoms with Crippen molar-refractivity contribution < 1.29 is 17.6 Å². The van der Waals surface area contributed by atoms with Crippen molar-refractivity contribution >= 4 is 0 Å². The number of nitriles is 1. The van der Waals surface area contributed by atoms with E-state index in [1.165, 1.54) is 6.07 Å². The minimum Gasteiger partial charge on any atom is -0.230 e. The third-order valence-corrected chi connectivity index (χ3v) is 1.24. The Kier molecular flexibility index (Phi) is 2.19. The Morgan fingerprint density at radius 1 is 1.31 bits per heavy atom. The third-order valence-electron chi connectivity index (χ3n) is 1.24. The van der Waals surface area contributed by atoms with Gasteiger partial charge in [-0.1, -0.05) is 0 Å². The van der Waals surface area contributed by atoms with Crippen molar-refractivity contribution in [1.29, 1.82) is 5.26 Å². The molecular formula is C7H2F4N2. The van der Waals surface area contributed by atoms with Gasteiger partial charge in [0.15, 0.2) is 11.5 Å². The zero-order chi connectivity index (χ0) is 10.1. The van der Waals surface area contributed by atoms with Crippen LogP contribution in [0.15, 0.2) is 12.1 Å². The Balaban J connectivity index is 3.24. The van der Waals surface area contributed by atoms with Crippen LogP contribution in [0.25, 0.3) is 0 Å². The third kappa shape index (κ3) is 1.93. The summed E-state index contributed by atoms with van der Waals surface area (Å²) in [5.74, 6) is -1.06. The Morgan fingerprint density at radius 3 is 2.38 bits per heavy atom. The highest BCUT2D eigenvalue weighted by atomic mass is 19.4. The van der Waals surface area contributed by atoms with E-state index in [4.69, 9.17) is 5.26 Å². The maximum atomic E-state index is 12.5. The smallest absolute Gasteiger partial charge is 0.230 e. The van der Waals surface area contributed by atoms with Crippen molar-refractivity contribution in [1.82, 2.24) is 4.98 Å². The van der Waals surface area contributed by atoms with Crippen LogP contribution in [0, 0.1) is 17.1 Å². The summed E-state index contributed by atoms with van der Waals surface area (Å²) >= 11 is 0. The topological polar surface area (TPSA) is 36.7 Å². The summed E-state index contributed by atoms with van der Waals surface area (Å²) < 4.78 is 48.3. The van der Waals surface area contributed by atoms with Crippen LogP contribution in [0.5, 0.6) is 0 Å². The molecule has 1 aromatic rings. The molecule has 0 aliphatic heterocycles. The van der Waals surface area contributed by atoms with E-state index < -0.39 is 23.4 Å². The standard InChI is InChI=1S/C7H2F4N2/c8-4-1-2-6(7(9,10)11)13-5(4)3-12/h1-2H. The number of nitrogens with zero attached hydrogens (tertiary/aromatic N) is 2. The van der Waals surface area contributed by atoms with E-state index in [1.807, 2.05) is 0 Å². The molecule has 0 fully saturated rings. The van der Waals surface area contributed by atoms with Crippen LogP contribution in [0.4, 0.5) is 17.6 Å². The lowest BCUT2D eigenvalue weighted by atomic mass is 10.3. The molecule has 0 bridgehead atoms. The molecular weight excluding hydrogens is 188 g/mol. The molecule has 0 atom stereocenters. The Labute approximate surface area is 70.4 Å². The van der Waals surface area contributed by atoms with Crippen LogP contribution in [-0.4, -0.2) is 4.98 Å². The number of hydrogen-bond acceptors (Lipinski definition) is 2. The molecule has 2 nitrogen and oxygen atoms in total. The lowest BCUT2D eigenvalue weighted by molar-refractivity contribution is -0.141. The fourth-order valence-corrected chi connectivity index (χ4v) is 0.678. The highest BCUT2D eigenvalue weighted by Gasteiger charge is 2.33. The Morgan fingerprint density at radius 2 is 1.92 bits per heavy atom.